The molecule has 1 aliphatic rings. The molecule has 1 heterocycles. The van der Waals surface area contributed by atoms with Crippen molar-refractivity contribution in [1.82, 2.24) is 10.6 Å². The van der Waals surface area contributed by atoms with Crippen LogP contribution >= 0.6 is 23.2 Å². The van der Waals surface area contributed by atoms with Crippen LogP contribution in [0.4, 0.5) is 0 Å². The molecule has 0 saturated carbocycles. The number of hydrogen-bond donors (Lipinski definition) is 2. The zero-order valence-electron chi connectivity index (χ0n) is 10.6. The maximum absolute atomic E-state index is 12.0. The van der Waals surface area contributed by atoms with Gasteiger partial charge < -0.3 is 15.4 Å². The van der Waals surface area contributed by atoms with Crippen molar-refractivity contribution < 1.29 is 9.53 Å². The molecule has 0 aliphatic carbocycles. The fourth-order valence-corrected chi connectivity index (χ4v) is 2.55. The van der Waals surface area contributed by atoms with Crippen LogP contribution in [0, 0.1) is 0 Å². The van der Waals surface area contributed by atoms with E-state index in [1.165, 1.54) is 0 Å². The second-order valence-electron chi connectivity index (χ2n) is 4.48. The van der Waals surface area contributed by atoms with Gasteiger partial charge in [0.25, 0.3) is 0 Å². The van der Waals surface area contributed by atoms with Gasteiger partial charge in [-0.15, -0.1) is 0 Å². The highest BCUT2D eigenvalue weighted by Crippen LogP contribution is 2.26. The molecule has 2 atom stereocenters. The molecule has 4 nitrogen and oxygen atoms in total. The first kappa shape index (κ1) is 14.6. The molecule has 2 N–H and O–H groups in total. The van der Waals surface area contributed by atoms with E-state index in [1.54, 1.807) is 12.1 Å². The van der Waals surface area contributed by atoms with Crippen molar-refractivity contribution in [1.29, 1.82) is 0 Å². The van der Waals surface area contributed by atoms with Crippen molar-refractivity contribution >= 4 is 29.1 Å². The van der Waals surface area contributed by atoms with Gasteiger partial charge >= 0.3 is 0 Å². The van der Waals surface area contributed by atoms with Crippen LogP contribution in [0.5, 0.6) is 0 Å². The van der Waals surface area contributed by atoms with Crippen LogP contribution in [-0.2, 0) is 9.53 Å². The number of ether oxygens (including phenoxy) is 1. The van der Waals surface area contributed by atoms with E-state index in [9.17, 15) is 4.79 Å². The highest BCUT2D eigenvalue weighted by Gasteiger charge is 2.23. The molecule has 1 aromatic carbocycles. The lowest BCUT2D eigenvalue weighted by Gasteiger charge is -2.25. The molecule has 2 unspecified atom stereocenters. The number of hydrogen-bond acceptors (Lipinski definition) is 3. The smallest absolute Gasteiger partial charge is 0.240 e. The number of morpholine rings is 1. The highest BCUT2D eigenvalue weighted by atomic mass is 35.5. The summed E-state index contributed by atoms with van der Waals surface area (Å²) in [5, 5.41) is 7.15. The monoisotopic (exact) mass is 302 g/mol. The number of nitrogens with one attached hydrogen (secondary N) is 2. The van der Waals surface area contributed by atoms with Crippen LogP contribution in [0.3, 0.4) is 0 Å². The van der Waals surface area contributed by atoms with Crippen molar-refractivity contribution in [3.05, 3.63) is 33.8 Å². The Morgan fingerprint density at radius 3 is 2.95 bits per heavy atom. The van der Waals surface area contributed by atoms with Gasteiger partial charge in [-0.2, -0.15) is 0 Å². The van der Waals surface area contributed by atoms with E-state index in [-0.39, 0.29) is 18.0 Å². The minimum atomic E-state index is -0.303. The van der Waals surface area contributed by atoms with Gasteiger partial charge in [0.2, 0.25) is 5.91 Å². The minimum Gasteiger partial charge on any atom is -0.378 e. The molecule has 19 heavy (non-hydrogen) atoms. The molecule has 1 aliphatic heterocycles. The molecule has 0 aromatic heterocycles. The molecule has 1 aromatic rings. The molecule has 2 rings (SSSR count). The Morgan fingerprint density at radius 2 is 2.32 bits per heavy atom. The summed E-state index contributed by atoms with van der Waals surface area (Å²) in [7, 11) is 0. The van der Waals surface area contributed by atoms with Gasteiger partial charge in [0.1, 0.15) is 6.04 Å². The van der Waals surface area contributed by atoms with Crippen LogP contribution in [0.2, 0.25) is 10.0 Å². The lowest BCUT2D eigenvalue weighted by molar-refractivity contribution is -0.126. The highest BCUT2D eigenvalue weighted by molar-refractivity contribution is 6.35. The predicted octanol–water partition coefficient (Wildman–Crippen LogP) is 2.16. The maximum Gasteiger partial charge on any atom is 0.240 e. The minimum absolute atomic E-state index is 0.0850. The zero-order valence-corrected chi connectivity index (χ0v) is 12.1. The summed E-state index contributed by atoms with van der Waals surface area (Å²) in [5.41, 5.74) is 0.844. The van der Waals surface area contributed by atoms with Crippen LogP contribution in [-0.4, -0.2) is 31.7 Å². The van der Waals surface area contributed by atoms with Gasteiger partial charge in [-0.1, -0.05) is 29.3 Å². The SMILES string of the molecule is CC(NC(=O)C1COCCN1)c1ccc(Cl)cc1Cl. The average Bonchev–Trinajstić information content (AvgIpc) is 2.39. The van der Waals surface area contributed by atoms with Crippen LogP contribution < -0.4 is 10.6 Å². The molecule has 1 amide bonds. The van der Waals surface area contributed by atoms with Gasteiger partial charge in [0.15, 0.2) is 0 Å². The van der Waals surface area contributed by atoms with Gasteiger partial charge in [-0.3, -0.25) is 4.79 Å². The predicted molar refractivity (Wildman–Crippen MR) is 75.6 cm³/mol. The summed E-state index contributed by atoms with van der Waals surface area (Å²) in [6.45, 7) is 3.61. The third kappa shape index (κ3) is 3.83. The number of rotatable bonds is 3. The Hall–Kier alpha value is -0.810. The summed E-state index contributed by atoms with van der Waals surface area (Å²) < 4.78 is 5.26. The Labute approximate surface area is 122 Å². The summed E-state index contributed by atoms with van der Waals surface area (Å²) >= 11 is 12.0. The lowest BCUT2D eigenvalue weighted by atomic mass is 10.1. The Kier molecular flexibility index (Phi) is 5.05. The van der Waals surface area contributed by atoms with E-state index in [2.05, 4.69) is 10.6 Å². The van der Waals surface area contributed by atoms with Crippen LogP contribution in [0.15, 0.2) is 18.2 Å². The average molecular weight is 303 g/mol. The van der Waals surface area contributed by atoms with E-state index >= 15 is 0 Å². The topological polar surface area (TPSA) is 50.4 Å². The quantitative estimate of drug-likeness (QED) is 0.899. The van der Waals surface area contributed by atoms with Crippen LogP contribution in [0.25, 0.3) is 0 Å². The standard InChI is InChI=1S/C13H16Cl2N2O2/c1-8(10-3-2-9(14)6-11(10)15)17-13(18)12-7-19-5-4-16-12/h2-3,6,8,12,16H,4-5,7H2,1H3,(H,17,18). The van der Waals surface area contributed by atoms with E-state index in [4.69, 9.17) is 27.9 Å². The molecule has 1 saturated heterocycles. The summed E-state index contributed by atoms with van der Waals surface area (Å²) in [5.74, 6) is -0.0850. The number of amides is 1. The number of carbonyl (C=O) groups is 1. The Balaban J connectivity index is 1.99. The molecule has 1 fully saturated rings. The van der Waals surface area contributed by atoms with Crippen molar-refractivity contribution in [3.8, 4) is 0 Å². The Bertz CT molecular complexity index is 462. The fourth-order valence-electron chi connectivity index (χ4n) is 1.98. The Morgan fingerprint density at radius 1 is 1.53 bits per heavy atom. The maximum atomic E-state index is 12.0. The normalized spacial score (nSPS) is 20.9. The number of benzene rings is 1. The van der Waals surface area contributed by atoms with Crippen molar-refractivity contribution in [2.75, 3.05) is 19.8 Å². The second kappa shape index (κ2) is 6.57. The summed E-state index contributed by atoms with van der Waals surface area (Å²) in [6.07, 6.45) is 0. The summed E-state index contributed by atoms with van der Waals surface area (Å²) in [4.78, 5) is 12.0. The molecule has 0 radical (unpaired) electrons. The van der Waals surface area contributed by atoms with Gasteiger partial charge in [-0.25, -0.2) is 0 Å². The van der Waals surface area contributed by atoms with Crippen LogP contribution in [0.1, 0.15) is 18.5 Å². The van der Waals surface area contributed by atoms with Gasteiger partial charge in [0.05, 0.1) is 19.3 Å². The number of carbonyl (C=O) groups excluding carboxylic acids is 1. The first-order valence-corrected chi connectivity index (χ1v) is 6.90. The molecule has 0 bridgehead atoms. The molecule has 6 heteroatoms. The number of halogens is 2. The second-order valence-corrected chi connectivity index (χ2v) is 5.32. The summed E-state index contributed by atoms with van der Waals surface area (Å²) in [6, 6.07) is 4.76. The third-order valence-electron chi connectivity index (χ3n) is 3.03. The van der Waals surface area contributed by atoms with Crippen molar-refractivity contribution in [2.24, 2.45) is 0 Å². The van der Waals surface area contributed by atoms with E-state index in [0.717, 1.165) is 5.56 Å². The molecular weight excluding hydrogens is 287 g/mol. The van der Waals surface area contributed by atoms with Crippen molar-refractivity contribution in [2.45, 2.75) is 19.0 Å². The fraction of sp³-hybridized carbons (Fsp3) is 0.462. The largest absolute Gasteiger partial charge is 0.378 e. The third-order valence-corrected chi connectivity index (χ3v) is 3.59. The van der Waals surface area contributed by atoms with E-state index < -0.39 is 0 Å². The first-order valence-electron chi connectivity index (χ1n) is 6.14. The molecular formula is C13H16Cl2N2O2. The first-order chi connectivity index (χ1) is 9.08. The van der Waals surface area contributed by atoms with Gasteiger partial charge in [0, 0.05) is 16.6 Å². The van der Waals surface area contributed by atoms with E-state index in [1.807, 2.05) is 13.0 Å². The lowest BCUT2D eigenvalue weighted by Crippen LogP contribution is -2.51. The van der Waals surface area contributed by atoms with Gasteiger partial charge in [-0.05, 0) is 24.6 Å². The molecule has 104 valence electrons. The van der Waals surface area contributed by atoms with Crippen molar-refractivity contribution in [3.63, 3.8) is 0 Å². The van der Waals surface area contributed by atoms with E-state index in [0.29, 0.717) is 29.8 Å². The zero-order chi connectivity index (χ0) is 13.8. The molecule has 0 spiro atoms.